The normalized spacial score (nSPS) is 29.2. The lowest BCUT2D eigenvalue weighted by molar-refractivity contribution is -0.117. The molecule has 1 aliphatic heterocycles. The zero-order chi connectivity index (χ0) is 14.9. The molecule has 2 aliphatic carbocycles. The molecule has 0 aromatic heterocycles. The van der Waals surface area contributed by atoms with Crippen LogP contribution in [0.1, 0.15) is 38.5 Å². The van der Waals surface area contributed by atoms with E-state index in [2.05, 4.69) is 5.32 Å². The Bertz CT molecular complexity index is 571. The van der Waals surface area contributed by atoms with Crippen molar-refractivity contribution >= 4 is 11.6 Å². The van der Waals surface area contributed by atoms with E-state index in [0.717, 1.165) is 35.4 Å². The van der Waals surface area contributed by atoms with Gasteiger partial charge in [0.15, 0.2) is 11.5 Å². The summed E-state index contributed by atoms with van der Waals surface area (Å²) in [6, 6.07) is 5.65. The summed E-state index contributed by atoms with van der Waals surface area (Å²) < 4.78 is 11.3. The van der Waals surface area contributed by atoms with Crippen LogP contribution in [0.25, 0.3) is 0 Å². The van der Waals surface area contributed by atoms with Gasteiger partial charge in [-0.3, -0.25) is 4.79 Å². The number of nitrogens with one attached hydrogen (secondary N) is 1. The highest BCUT2D eigenvalue weighted by Gasteiger charge is 2.40. The number of carbonyl (C=O) groups is 1. The molecule has 0 saturated heterocycles. The van der Waals surface area contributed by atoms with Crippen molar-refractivity contribution in [3.63, 3.8) is 0 Å². The lowest BCUT2D eigenvalue weighted by Gasteiger charge is -2.21. The van der Waals surface area contributed by atoms with E-state index in [4.69, 9.17) is 9.47 Å². The maximum atomic E-state index is 12.3. The second-order valence-corrected chi connectivity index (χ2v) is 6.90. The molecule has 3 unspecified atom stereocenters. The van der Waals surface area contributed by atoms with Crippen LogP contribution >= 0.6 is 0 Å². The van der Waals surface area contributed by atoms with Crippen LogP contribution in [0.3, 0.4) is 0 Å². The fourth-order valence-corrected chi connectivity index (χ4v) is 4.32. The lowest BCUT2D eigenvalue weighted by atomic mass is 9.86. The molecule has 1 aromatic carbocycles. The molecule has 4 nitrogen and oxygen atoms in total. The van der Waals surface area contributed by atoms with Crippen molar-refractivity contribution < 1.29 is 14.3 Å². The van der Waals surface area contributed by atoms with E-state index in [0.29, 0.717) is 25.6 Å². The highest BCUT2D eigenvalue weighted by molar-refractivity contribution is 5.91. The predicted molar refractivity (Wildman–Crippen MR) is 84.2 cm³/mol. The van der Waals surface area contributed by atoms with Crippen LogP contribution in [0.4, 0.5) is 5.69 Å². The maximum Gasteiger partial charge on any atom is 0.224 e. The van der Waals surface area contributed by atoms with Gasteiger partial charge in [-0.1, -0.05) is 6.42 Å². The number of rotatable bonds is 3. The third kappa shape index (κ3) is 2.79. The number of hydrogen-bond acceptors (Lipinski definition) is 3. The summed E-state index contributed by atoms with van der Waals surface area (Å²) >= 11 is 0. The van der Waals surface area contributed by atoms with Gasteiger partial charge in [0.2, 0.25) is 5.91 Å². The minimum atomic E-state index is 0.132. The van der Waals surface area contributed by atoms with E-state index >= 15 is 0 Å². The molecule has 22 heavy (non-hydrogen) atoms. The van der Waals surface area contributed by atoms with Gasteiger partial charge in [-0.2, -0.15) is 0 Å². The summed E-state index contributed by atoms with van der Waals surface area (Å²) in [5.41, 5.74) is 0.803. The molecule has 3 atom stereocenters. The summed E-state index contributed by atoms with van der Waals surface area (Å²) in [7, 11) is 0. The number of hydrogen-bond donors (Lipinski definition) is 1. The molecule has 0 spiro atoms. The largest absolute Gasteiger partial charge is 0.490 e. The second-order valence-electron chi connectivity index (χ2n) is 6.90. The quantitative estimate of drug-likeness (QED) is 0.927. The molecular formula is C18H23NO3. The smallest absolute Gasteiger partial charge is 0.224 e. The Kier molecular flexibility index (Phi) is 3.68. The first-order valence-electron chi connectivity index (χ1n) is 8.47. The molecule has 2 fully saturated rings. The first-order chi connectivity index (χ1) is 10.8. The zero-order valence-electron chi connectivity index (χ0n) is 12.8. The molecule has 0 radical (unpaired) electrons. The Morgan fingerprint density at radius 1 is 1.14 bits per heavy atom. The van der Waals surface area contributed by atoms with Gasteiger partial charge in [0.1, 0.15) is 0 Å². The van der Waals surface area contributed by atoms with Crippen molar-refractivity contribution in [1.29, 1.82) is 0 Å². The Morgan fingerprint density at radius 2 is 2.00 bits per heavy atom. The van der Waals surface area contributed by atoms with Crippen molar-refractivity contribution in [2.45, 2.75) is 38.5 Å². The maximum absolute atomic E-state index is 12.3. The van der Waals surface area contributed by atoms with Crippen LogP contribution in [0, 0.1) is 17.8 Å². The number of amides is 1. The highest BCUT2D eigenvalue weighted by Crippen LogP contribution is 2.49. The summed E-state index contributed by atoms with van der Waals surface area (Å²) in [4.78, 5) is 12.3. The SMILES string of the molecule is O=C(CC1CC2CCC1C2)Nc1ccc2c(c1)OCCCO2. The van der Waals surface area contributed by atoms with Gasteiger partial charge < -0.3 is 14.8 Å². The fraction of sp³-hybridized carbons (Fsp3) is 0.611. The van der Waals surface area contributed by atoms with Crippen molar-refractivity contribution in [2.24, 2.45) is 17.8 Å². The van der Waals surface area contributed by atoms with Gasteiger partial charge >= 0.3 is 0 Å². The third-order valence-corrected chi connectivity index (χ3v) is 5.36. The average Bonchev–Trinajstić information content (AvgIpc) is 3.03. The van der Waals surface area contributed by atoms with E-state index < -0.39 is 0 Å². The Balaban J connectivity index is 1.38. The van der Waals surface area contributed by atoms with Crippen LogP contribution in [-0.2, 0) is 4.79 Å². The van der Waals surface area contributed by atoms with Crippen LogP contribution < -0.4 is 14.8 Å². The molecule has 1 amide bonds. The van der Waals surface area contributed by atoms with Gasteiger partial charge in [-0.25, -0.2) is 0 Å². The zero-order valence-corrected chi connectivity index (χ0v) is 12.8. The molecule has 1 heterocycles. The third-order valence-electron chi connectivity index (χ3n) is 5.36. The molecule has 1 aromatic rings. The highest BCUT2D eigenvalue weighted by atomic mass is 16.5. The molecule has 4 rings (SSSR count). The first-order valence-corrected chi connectivity index (χ1v) is 8.47. The Morgan fingerprint density at radius 3 is 2.77 bits per heavy atom. The topological polar surface area (TPSA) is 47.6 Å². The van der Waals surface area contributed by atoms with Gasteiger partial charge in [-0.15, -0.1) is 0 Å². The van der Waals surface area contributed by atoms with Crippen LogP contribution in [-0.4, -0.2) is 19.1 Å². The van der Waals surface area contributed by atoms with E-state index in [9.17, 15) is 4.79 Å². The van der Waals surface area contributed by atoms with E-state index in [1.165, 1.54) is 25.7 Å². The molecular weight excluding hydrogens is 278 g/mol. The molecule has 1 N–H and O–H groups in total. The number of anilines is 1. The van der Waals surface area contributed by atoms with Gasteiger partial charge in [-0.05, 0) is 49.1 Å². The Labute approximate surface area is 131 Å². The van der Waals surface area contributed by atoms with Crippen LogP contribution in [0.5, 0.6) is 11.5 Å². The van der Waals surface area contributed by atoms with Crippen molar-refractivity contribution in [3.05, 3.63) is 18.2 Å². The number of fused-ring (bicyclic) bond motifs is 3. The Hall–Kier alpha value is -1.71. The minimum absolute atomic E-state index is 0.132. The summed E-state index contributed by atoms with van der Waals surface area (Å²) in [6.45, 7) is 1.35. The molecule has 4 heteroatoms. The summed E-state index contributed by atoms with van der Waals surface area (Å²) in [5, 5.41) is 3.02. The first kappa shape index (κ1) is 13.9. The van der Waals surface area contributed by atoms with Crippen LogP contribution in [0.2, 0.25) is 0 Å². The van der Waals surface area contributed by atoms with Gasteiger partial charge in [0.25, 0.3) is 0 Å². The average molecular weight is 301 g/mol. The van der Waals surface area contributed by atoms with Gasteiger partial charge in [0.05, 0.1) is 13.2 Å². The minimum Gasteiger partial charge on any atom is -0.490 e. The van der Waals surface area contributed by atoms with Gasteiger partial charge in [0, 0.05) is 24.6 Å². The fourth-order valence-electron chi connectivity index (χ4n) is 4.32. The standard InChI is InChI=1S/C18H23NO3/c20-18(10-14-9-12-2-3-13(14)8-12)19-15-4-5-16-17(11-15)22-7-1-6-21-16/h4-5,11-14H,1-3,6-10H2,(H,19,20). The summed E-state index contributed by atoms with van der Waals surface area (Å²) in [6.07, 6.45) is 6.86. The molecule has 2 saturated carbocycles. The molecule has 118 valence electrons. The number of benzene rings is 1. The van der Waals surface area contributed by atoms with E-state index in [1.807, 2.05) is 18.2 Å². The van der Waals surface area contributed by atoms with E-state index in [-0.39, 0.29) is 5.91 Å². The van der Waals surface area contributed by atoms with Crippen molar-refractivity contribution in [3.8, 4) is 11.5 Å². The van der Waals surface area contributed by atoms with Crippen molar-refractivity contribution in [2.75, 3.05) is 18.5 Å². The second kappa shape index (κ2) is 5.82. The number of carbonyl (C=O) groups excluding carboxylic acids is 1. The van der Waals surface area contributed by atoms with Crippen molar-refractivity contribution in [1.82, 2.24) is 0 Å². The number of ether oxygens (including phenoxy) is 2. The van der Waals surface area contributed by atoms with E-state index in [1.54, 1.807) is 0 Å². The molecule has 3 aliphatic rings. The lowest BCUT2D eigenvalue weighted by Crippen LogP contribution is -2.20. The predicted octanol–water partition coefficient (Wildman–Crippen LogP) is 3.61. The molecule has 2 bridgehead atoms. The summed E-state index contributed by atoms with van der Waals surface area (Å²) in [5.74, 6) is 3.91. The monoisotopic (exact) mass is 301 g/mol. The van der Waals surface area contributed by atoms with Crippen LogP contribution in [0.15, 0.2) is 18.2 Å².